The third-order valence-electron chi connectivity index (χ3n) is 4.90. The highest BCUT2D eigenvalue weighted by atomic mass is 19.4. The lowest BCUT2D eigenvalue weighted by molar-refractivity contribution is -0.151. The zero-order valence-electron chi connectivity index (χ0n) is 15.8. The van der Waals surface area contributed by atoms with E-state index in [0.29, 0.717) is 44.8 Å². The summed E-state index contributed by atoms with van der Waals surface area (Å²) >= 11 is 0. The summed E-state index contributed by atoms with van der Waals surface area (Å²) in [7, 11) is 0. The number of hydrogen-bond acceptors (Lipinski definition) is 5. The van der Waals surface area contributed by atoms with Gasteiger partial charge in [0, 0.05) is 13.1 Å². The average Bonchev–Trinajstić information content (AvgIpc) is 2.72. The number of hydrogen-bond donors (Lipinski definition) is 1. The Balaban J connectivity index is 1.68. The van der Waals surface area contributed by atoms with Crippen LogP contribution in [0.5, 0.6) is 0 Å². The molecule has 0 aromatic heterocycles. The van der Waals surface area contributed by atoms with Crippen molar-refractivity contribution < 1.29 is 32.2 Å². The number of allylic oxidation sites excluding steroid dienone is 2. The molecule has 0 bridgehead atoms. The molecule has 9 heteroatoms. The highest BCUT2D eigenvalue weighted by Gasteiger charge is 2.32. The molecule has 1 aliphatic heterocycles. The number of carbonyl (C=O) groups excluding carboxylic acids is 2. The van der Waals surface area contributed by atoms with Gasteiger partial charge in [0.05, 0.1) is 36.1 Å². The van der Waals surface area contributed by atoms with Crippen molar-refractivity contribution in [2.45, 2.75) is 25.4 Å². The summed E-state index contributed by atoms with van der Waals surface area (Å²) in [6.45, 7) is 1.35. The van der Waals surface area contributed by atoms with Crippen molar-refractivity contribution in [3.05, 3.63) is 35.9 Å². The maximum Gasteiger partial charge on any atom is 0.416 e. The summed E-state index contributed by atoms with van der Waals surface area (Å²) in [6, 6.07) is 3.22. The van der Waals surface area contributed by atoms with Gasteiger partial charge in [-0.1, -0.05) is 12.2 Å². The molecule has 1 atom stereocenters. The molecule has 1 N–H and O–H groups in total. The molecule has 1 aromatic carbocycles. The van der Waals surface area contributed by atoms with E-state index in [1.807, 2.05) is 17.1 Å². The van der Waals surface area contributed by atoms with E-state index in [9.17, 15) is 22.8 Å². The van der Waals surface area contributed by atoms with Crippen molar-refractivity contribution in [3.63, 3.8) is 0 Å². The molecule has 1 saturated heterocycles. The number of alkyl halides is 3. The Morgan fingerprint density at radius 1 is 1.21 bits per heavy atom. The SMILES string of the molecule is O=C(COC(=O)C1CC=CCC1)Nc1cc(C(F)(F)F)ccc1N1CCOCC1. The topological polar surface area (TPSA) is 67.9 Å². The first-order valence-corrected chi connectivity index (χ1v) is 9.50. The van der Waals surface area contributed by atoms with Gasteiger partial charge in [-0.3, -0.25) is 9.59 Å². The van der Waals surface area contributed by atoms with Gasteiger partial charge in [-0.15, -0.1) is 0 Å². The predicted molar refractivity (Wildman–Crippen MR) is 101 cm³/mol. The monoisotopic (exact) mass is 412 g/mol. The van der Waals surface area contributed by atoms with Crippen LogP contribution in [0.1, 0.15) is 24.8 Å². The summed E-state index contributed by atoms with van der Waals surface area (Å²) in [5.41, 5.74) is -0.363. The van der Waals surface area contributed by atoms with E-state index in [1.54, 1.807) is 0 Å². The Morgan fingerprint density at radius 3 is 2.62 bits per heavy atom. The standard InChI is InChI=1S/C20H23F3N2O4/c21-20(22,23)15-6-7-17(25-8-10-28-11-9-25)16(12-15)24-18(26)13-29-19(27)14-4-2-1-3-5-14/h1-2,6-7,12,14H,3-5,8-11,13H2,(H,24,26). The smallest absolute Gasteiger partial charge is 0.416 e. The van der Waals surface area contributed by atoms with Gasteiger partial charge in [0.25, 0.3) is 5.91 Å². The number of nitrogens with zero attached hydrogens (tertiary/aromatic N) is 1. The summed E-state index contributed by atoms with van der Waals surface area (Å²) in [6.07, 6.45) is 1.34. The van der Waals surface area contributed by atoms with Gasteiger partial charge < -0.3 is 19.7 Å². The van der Waals surface area contributed by atoms with Crippen LogP contribution in [0, 0.1) is 5.92 Å². The quantitative estimate of drug-likeness (QED) is 0.593. The molecule has 2 aliphatic rings. The van der Waals surface area contributed by atoms with Crippen molar-refractivity contribution in [1.82, 2.24) is 0 Å². The van der Waals surface area contributed by atoms with Crippen LogP contribution in [0.3, 0.4) is 0 Å². The van der Waals surface area contributed by atoms with Gasteiger partial charge in [-0.05, 0) is 37.5 Å². The molecular formula is C20H23F3N2O4. The van der Waals surface area contributed by atoms with Crippen LogP contribution in [0.4, 0.5) is 24.5 Å². The fraction of sp³-hybridized carbons (Fsp3) is 0.500. The van der Waals surface area contributed by atoms with Gasteiger partial charge >= 0.3 is 12.1 Å². The highest BCUT2D eigenvalue weighted by Crippen LogP contribution is 2.35. The normalized spacial score (nSPS) is 19.7. The van der Waals surface area contributed by atoms with E-state index in [2.05, 4.69) is 5.32 Å². The van der Waals surface area contributed by atoms with Gasteiger partial charge in [-0.2, -0.15) is 13.2 Å². The van der Waals surface area contributed by atoms with Crippen LogP contribution < -0.4 is 10.2 Å². The average molecular weight is 412 g/mol. The molecule has 0 saturated carbocycles. The molecule has 158 valence electrons. The molecule has 1 aromatic rings. The first-order chi connectivity index (χ1) is 13.8. The second-order valence-electron chi connectivity index (χ2n) is 6.97. The maximum atomic E-state index is 13.1. The molecule has 6 nitrogen and oxygen atoms in total. The number of amides is 1. The number of anilines is 2. The predicted octanol–water partition coefficient (Wildman–Crippen LogP) is 3.38. The number of esters is 1. The van der Waals surface area contributed by atoms with E-state index in [0.717, 1.165) is 18.6 Å². The van der Waals surface area contributed by atoms with E-state index in [1.165, 1.54) is 6.07 Å². The molecule has 1 heterocycles. The zero-order valence-corrected chi connectivity index (χ0v) is 15.8. The van der Waals surface area contributed by atoms with Gasteiger partial charge in [0.15, 0.2) is 6.61 Å². The second-order valence-corrected chi connectivity index (χ2v) is 6.97. The Bertz CT molecular complexity index is 773. The number of benzene rings is 1. The van der Waals surface area contributed by atoms with Crippen molar-refractivity contribution in [3.8, 4) is 0 Å². The van der Waals surface area contributed by atoms with E-state index >= 15 is 0 Å². The van der Waals surface area contributed by atoms with Gasteiger partial charge in [-0.25, -0.2) is 0 Å². The fourth-order valence-electron chi connectivity index (χ4n) is 3.34. The maximum absolute atomic E-state index is 13.1. The number of ether oxygens (including phenoxy) is 2. The lowest BCUT2D eigenvalue weighted by atomic mass is 9.95. The molecule has 0 spiro atoms. The summed E-state index contributed by atoms with van der Waals surface area (Å²) in [4.78, 5) is 26.2. The molecule has 3 rings (SSSR count). The molecule has 29 heavy (non-hydrogen) atoms. The Morgan fingerprint density at radius 2 is 1.97 bits per heavy atom. The van der Waals surface area contributed by atoms with Crippen LogP contribution in [0.25, 0.3) is 0 Å². The molecular weight excluding hydrogens is 389 g/mol. The molecule has 1 unspecified atom stereocenters. The van der Waals surface area contributed by atoms with Crippen LogP contribution in [0.15, 0.2) is 30.4 Å². The third kappa shape index (κ3) is 5.72. The zero-order chi connectivity index (χ0) is 20.9. The van der Waals surface area contributed by atoms with E-state index in [-0.39, 0.29) is 11.6 Å². The molecule has 1 fully saturated rings. The third-order valence-corrected chi connectivity index (χ3v) is 4.90. The largest absolute Gasteiger partial charge is 0.455 e. The Labute approximate surface area is 166 Å². The van der Waals surface area contributed by atoms with Crippen LogP contribution in [-0.2, 0) is 25.2 Å². The van der Waals surface area contributed by atoms with E-state index < -0.39 is 30.2 Å². The Kier molecular flexibility index (Phi) is 6.79. The lowest BCUT2D eigenvalue weighted by Crippen LogP contribution is -2.37. The minimum absolute atomic E-state index is 0.0309. The lowest BCUT2D eigenvalue weighted by Gasteiger charge is -2.31. The fourth-order valence-corrected chi connectivity index (χ4v) is 3.34. The minimum Gasteiger partial charge on any atom is -0.455 e. The minimum atomic E-state index is -4.54. The van der Waals surface area contributed by atoms with Crippen molar-refractivity contribution in [2.75, 3.05) is 43.1 Å². The summed E-state index contributed by atoms with van der Waals surface area (Å²) in [5, 5.41) is 2.47. The first-order valence-electron chi connectivity index (χ1n) is 9.50. The van der Waals surface area contributed by atoms with Crippen molar-refractivity contribution in [1.29, 1.82) is 0 Å². The summed E-state index contributed by atoms with van der Waals surface area (Å²) in [5.74, 6) is -1.44. The van der Waals surface area contributed by atoms with E-state index in [4.69, 9.17) is 9.47 Å². The van der Waals surface area contributed by atoms with Crippen LogP contribution in [-0.4, -0.2) is 44.8 Å². The number of morpholine rings is 1. The Hall–Kier alpha value is -2.55. The second kappa shape index (κ2) is 9.30. The number of carbonyl (C=O) groups is 2. The van der Waals surface area contributed by atoms with Crippen LogP contribution in [0.2, 0.25) is 0 Å². The molecule has 0 radical (unpaired) electrons. The van der Waals surface area contributed by atoms with Crippen LogP contribution >= 0.6 is 0 Å². The van der Waals surface area contributed by atoms with Gasteiger partial charge in [0.2, 0.25) is 0 Å². The van der Waals surface area contributed by atoms with Gasteiger partial charge in [0.1, 0.15) is 0 Å². The summed E-state index contributed by atoms with van der Waals surface area (Å²) < 4.78 is 49.7. The number of rotatable bonds is 5. The molecule has 1 amide bonds. The number of halogens is 3. The number of nitrogens with one attached hydrogen (secondary N) is 1. The first kappa shape index (κ1) is 21.2. The highest BCUT2D eigenvalue weighted by molar-refractivity contribution is 5.96. The molecule has 1 aliphatic carbocycles. The van der Waals surface area contributed by atoms with Crippen molar-refractivity contribution >= 4 is 23.3 Å². The van der Waals surface area contributed by atoms with Crippen molar-refractivity contribution in [2.24, 2.45) is 5.92 Å².